The number of rotatable bonds is 7. The standard InChI is InChI=1S/C18H15P.C14H13ClO/c1-4-10-16(11-5-1)19(17-12-6-2-7-13-17)18-14-8-3-9-15-18;15-10-13-8-4-5-9-14(13)16-11-12-6-2-1-3-7-12/h1-15H;1-9H,10-11H2. The summed E-state index contributed by atoms with van der Waals surface area (Å²) in [6, 6.07) is 50.3. The van der Waals surface area contributed by atoms with Crippen LogP contribution in [0.3, 0.4) is 0 Å². The van der Waals surface area contributed by atoms with E-state index in [0.29, 0.717) is 12.5 Å². The highest BCUT2D eigenvalue weighted by Gasteiger charge is 2.15. The predicted molar refractivity (Wildman–Crippen MR) is 152 cm³/mol. The molecule has 5 rings (SSSR count). The predicted octanol–water partition coefficient (Wildman–Crippen LogP) is 7.45. The van der Waals surface area contributed by atoms with E-state index in [1.165, 1.54) is 15.9 Å². The van der Waals surface area contributed by atoms with Crippen LogP contribution in [0.4, 0.5) is 0 Å². The first-order valence-electron chi connectivity index (χ1n) is 11.6. The largest absolute Gasteiger partial charge is 0.489 e. The summed E-state index contributed by atoms with van der Waals surface area (Å²) in [4.78, 5) is 0. The van der Waals surface area contributed by atoms with Gasteiger partial charge in [0.15, 0.2) is 0 Å². The van der Waals surface area contributed by atoms with Gasteiger partial charge < -0.3 is 4.74 Å². The topological polar surface area (TPSA) is 9.23 Å². The van der Waals surface area contributed by atoms with Crippen LogP contribution in [0.5, 0.6) is 5.75 Å². The van der Waals surface area contributed by atoms with Gasteiger partial charge in [0.05, 0.1) is 5.88 Å². The molecule has 0 aromatic heterocycles. The van der Waals surface area contributed by atoms with Crippen LogP contribution in [0, 0.1) is 0 Å². The molecule has 3 heteroatoms. The number of alkyl halides is 1. The van der Waals surface area contributed by atoms with E-state index in [9.17, 15) is 0 Å². The second-order valence-electron chi connectivity index (χ2n) is 7.86. The Morgan fingerprint density at radius 1 is 0.486 bits per heavy atom. The molecule has 0 unspecified atom stereocenters. The number of para-hydroxylation sites is 1. The molecule has 0 atom stereocenters. The average molecular weight is 495 g/mol. The SMILES string of the molecule is ClCc1ccccc1OCc1ccccc1.c1ccc(P(c2ccccc2)c2ccccc2)cc1. The van der Waals surface area contributed by atoms with Crippen LogP contribution in [-0.2, 0) is 12.5 Å². The molecule has 35 heavy (non-hydrogen) atoms. The smallest absolute Gasteiger partial charge is 0.124 e. The molecule has 0 aliphatic carbocycles. The van der Waals surface area contributed by atoms with E-state index in [1.807, 2.05) is 54.6 Å². The van der Waals surface area contributed by atoms with Crippen molar-refractivity contribution in [3.63, 3.8) is 0 Å². The molecule has 1 nitrogen and oxygen atoms in total. The van der Waals surface area contributed by atoms with Crippen LogP contribution < -0.4 is 20.7 Å². The van der Waals surface area contributed by atoms with Gasteiger partial charge in [-0.2, -0.15) is 0 Å². The first kappa shape index (κ1) is 24.7. The summed E-state index contributed by atoms with van der Waals surface area (Å²) in [5, 5.41) is 4.19. The second kappa shape index (κ2) is 13.5. The van der Waals surface area contributed by atoms with E-state index in [2.05, 4.69) is 91.0 Å². The Hall–Kier alpha value is -3.38. The van der Waals surface area contributed by atoms with Crippen LogP contribution in [0.1, 0.15) is 11.1 Å². The zero-order valence-electron chi connectivity index (χ0n) is 19.5. The molecule has 5 aromatic carbocycles. The highest BCUT2D eigenvalue weighted by Crippen LogP contribution is 2.32. The van der Waals surface area contributed by atoms with Crippen molar-refractivity contribution >= 4 is 35.4 Å². The Labute approximate surface area is 214 Å². The number of benzene rings is 5. The third-order valence-corrected chi connectivity index (χ3v) is 8.13. The minimum Gasteiger partial charge on any atom is -0.489 e. The van der Waals surface area contributed by atoms with Crippen LogP contribution >= 0.6 is 19.5 Å². The summed E-state index contributed by atoms with van der Waals surface area (Å²) < 4.78 is 5.73. The molecule has 0 amide bonds. The van der Waals surface area contributed by atoms with Gasteiger partial charge in [0.1, 0.15) is 12.4 Å². The number of ether oxygens (including phenoxy) is 1. The highest BCUT2D eigenvalue weighted by molar-refractivity contribution is 7.79. The lowest BCUT2D eigenvalue weighted by Crippen LogP contribution is -2.20. The van der Waals surface area contributed by atoms with Crippen LogP contribution in [0.2, 0.25) is 0 Å². The highest BCUT2D eigenvalue weighted by atomic mass is 35.5. The molecule has 0 aliphatic heterocycles. The van der Waals surface area contributed by atoms with Crippen molar-refractivity contribution in [2.75, 3.05) is 0 Å². The maximum absolute atomic E-state index is 5.83. The second-order valence-corrected chi connectivity index (χ2v) is 10.3. The van der Waals surface area contributed by atoms with Gasteiger partial charge in [-0.15, -0.1) is 11.6 Å². The van der Waals surface area contributed by atoms with Gasteiger partial charge >= 0.3 is 0 Å². The van der Waals surface area contributed by atoms with Crippen LogP contribution in [0.15, 0.2) is 146 Å². The maximum Gasteiger partial charge on any atom is 0.124 e. The molecule has 0 radical (unpaired) electrons. The van der Waals surface area contributed by atoms with E-state index >= 15 is 0 Å². The number of hydrogen-bond acceptors (Lipinski definition) is 1. The zero-order chi connectivity index (χ0) is 24.1. The molecule has 0 aliphatic rings. The van der Waals surface area contributed by atoms with Crippen molar-refractivity contribution in [1.82, 2.24) is 0 Å². The van der Waals surface area contributed by atoms with Gasteiger partial charge in [0, 0.05) is 5.56 Å². The lowest BCUT2D eigenvalue weighted by Gasteiger charge is -2.18. The van der Waals surface area contributed by atoms with E-state index in [-0.39, 0.29) is 0 Å². The van der Waals surface area contributed by atoms with E-state index in [4.69, 9.17) is 16.3 Å². The van der Waals surface area contributed by atoms with Gasteiger partial charge in [0.2, 0.25) is 0 Å². The van der Waals surface area contributed by atoms with Crippen LogP contribution in [0.25, 0.3) is 0 Å². The summed E-state index contributed by atoms with van der Waals surface area (Å²) in [7, 11) is -0.446. The van der Waals surface area contributed by atoms with Crippen LogP contribution in [-0.4, -0.2) is 0 Å². The van der Waals surface area contributed by atoms with E-state index in [0.717, 1.165) is 16.9 Å². The molecular weight excluding hydrogens is 467 g/mol. The zero-order valence-corrected chi connectivity index (χ0v) is 21.2. The lowest BCUT2D eigenvalue weighted by molar-refractivity contribution is 0.304. The molecule has 5 aromatic rings. The molecule has 174 valence electrons. The van der Waals surface area contributed by atoms with Crippen molar-refractivity contribution in [2.45, 2.75) is 12.5 Å². The average Bonchev–Trinajstić information content (AvgIpc) is 2.95. The molecule has 0 saturated carbocycles. The minimum absolute atomic E-state index is 0.446. The third-order valence-electron chi connectivity index (χ3n) is 5.40. The Bertz CT molecular complexity index is 1170. The quantitative estimate of drug-likeness (QED) is 0.169. The molecule has 0 bridgehead atoms. The first-order valence-corrected chi connectivity index (χ1v) is 13.5. The van der Waals surface area contributed by atoms with Crippen molar-refractivity contribution < 1.29 is 4.74 Å². The van der Waals surface area contributed by atoms with Gasteiger partial charge in [0.25, 0.3) is 0 Å². The fraction of sp³-hybridized carbons (Fsp3) is 0.0625. The van der Waals surface area contributed by atoms with Gasteiger partial charge in [-0.05, 0) is 35.5 Å². The number of hydrogen-bond donors (Lipinski definition) is 0. The summed E-state index contributed by atoms with van der Waals surface area (Å²) in [6.07, 6.45) is 0. The minimum atomic E-state index is -0.446. The lowest BCUT2D eigenvalue weighted by atomic mass is 10.2. The Morgan fingerprint density at radius 3 is 1.34 bits per heavy atom. The van der Waals surface area contributed by atoms with Crippen molar-refractivity contribution in [2.24, 2.45) is 0 Å². The molecule has 0 N–H and O–H groups in total. The van der Waals surface area contributed by atoms with Crippen molar-refractivity contribution in [1.29, 1.82) is 0 Å². The van der Waals surface area contributed by atoms with Gasteiger partial charge in [-0.1, -0.05) is 140 Å². The fourth-order valence-electron chi connectivity index (χ4n) is 3.67. The Morgan fingerprint density at radius 2 is 0.886 bits per heavy atom. The Kier molecular flexibility index (Phi) is 9.54. The monoisotopic (exact) mass is 494 g/mol. The van der Waals surface area contributed by atoms with Crippen molar-refractivity contribution in [3.8, 4) is 5.75 Å². The normalized spacial score (nSPS) is 10.3. The Balaban J connectivity index is 0.000000168. The third kappa shape index (κ3) is 7.30. The number of halogens is 1. The molecular formula is C32H28ClOP. The maximum atomic E-state index is 5.83. The van der Waals surface area contributed by atoms with Gasteiger partial charge in [-0.3, -0.25) is 0 Å². The molecule has 0 heterocycles. The fourth-order valence-corrected chi connectivity index (χ4v) is 6.19. The molecule has 0 fully saturated rings. The first-order chi connectivity index (χ1) is 17.3. The molecule has 0 saturated heterocycles. The summed E-state index contributed by atoms with van der Waals surface area (Å²) in [5.41, 5.74) is 2.19. The van der Waals surface area contributed by atoms with E-state index in [1.54, 1.807) is 0 Å². The summed E-state index contributed by atoms with van der Waals surface area (Å²) >= 11 is 5.83. The van der Waals surface area contributed by atoms with Gasteiger partial charge in [-0.25, -0.2) is 0 Å². The molecule has 0 spiro atoms. The van der Waals surface area contributed by atoms with Crippen molar-refractivity contribution in [3.05, 3.63) is 157 Å². The summed E-state index contributed by atoms with van der Waals surface area (Å²) in [6.45, 7) is 0.578. The summed E-state index contributed by atoms with van der Waals surface area (Å²) in [5.74, 6) is 1.34. The van der Waals surface area contributed by atoms with E-state index < -0.39 is 7.92 Å².